The van der Waals surface area contributed by atoms with Crippen LogP contribution < -0.4 is 4.74 Å². The summed E-state index contributed by atoms with van der Waals surface area (Å²) in [6.45, 7) is 0. The van der Waals surface area contributed by atoms with Gasteiger partial charge in [-0.15, -0.1) is 0 Å². The molecule has 92 valence electrons. The predicted molar refractivity (Wildman–Crippen MR) is 73.1 cm³/mol. The van der Waals surface area contributed by atoms with E-state index >= 15 is 0 Å². The Kier molecular flexibility index (Phi) is 3.98. The Morgan fingerprint density at radius 3 is 2.67 bits per heavy atom. The molecule has 4 nitrogen and oxygen atoms in total. The number of benzene rings is 1. The third-order valence-electron chi connectivity index (χ3n) is 2.13. The highest BCUT2D eigenvalue weighted by atomic mass is 79.9. The third-order valence-corrected chi connectivity index (χ3v) is 3.24. The Balaban J connectivity index is 2.37. The van der Waals surface area contributed by atoms with Gasteiger partial charge in [0.25, 0.3) is 0 Å². The number of hydrogen-bond acceptors (Lipinski definition) is 3. The molecular weight excluding hydrogens is 366 g/mol. The first-order valence-corrected chi connectivity index (χ1v) is 6.47. The lowest BCUT2D eigenvalue weighted by Gasteiger charge is -2.09. The molecule has 0 fully saturated rings. The van der Waals surface area contributed by atoms with Crippen LogP contribution in [0.2, 0.25) is 0 Å². The van der Waals surface area contributed by atoms with Crippen molar-refractivity contribution in [3.63, 3.8) is 0 Å². The van der Waals surface area contributed by atoms with Crippen molar-refractivity contribution >= 4 is 37.8 Å². The van der Waals surface area contributed by atoms with Gasteiger partial charge in [0.15, 0.2) is 0 Å². The van der Waals surface area contributed by atoms with Gasteiger partial charge in [-0.25, -0.2) is 4.79 Å². The summed E-state index contributed by atoms with van der Waals surface area (Å²) >= 11 is 6.68. The molecule has 2 rings (SSSR count). The number of ether oxygens (including phenoxy) is 1. The number of pyridine rings is 1. The molecule has 0 saturated carbocycles. The number of carbonyl (C=O) groups is 1. The maximum atomic E-state index is 11.0. The van der Waals surface area contributed by atoms with Crippen molar-refractivity contribution in [1.82, 2.24) is 4.98 Å². The van der Waals surface area contributed by atoms with Crippen molar-refractivity contribution in [2.45, 2.75) is 0 Å². The number of halogens is 2. The molecule has 6 heteroatoms. The van der Waals surface area contributed by atoms with Gasteiger partial charge in [0.1, 0.15) is 17.1 Å². The summed E-state index contributed by atoms with van der Waals surface area (Å²) < 4.78 is 7.19. The molecule has 0 aliphatic carbocycles. The van der Waals surface area contributed by atoms with E-state index < -0.39 is 5.97 Å². The highest BCUT2D eigenvalue weighted by Gasteiger charge is 2.13. The predicted octanol–water partition coefficient (Wildman–Crippen LogP) is 4.10. The van der Waals surface area contributed by atoms with E-state index in [1.807, 2.05) is 12.1 Å². The number of aromatic nitrogens is 1. The largest absolute Gasteiger partial charge is 0.477 e. The zero-order valence-corrected chi connectivity index (χ0v) is 12.1. The maximum Gasteiger partial charge on any atom is 0.341 e. The summed E-state index contributed by atoms with van der Waals surface area (Å²) in [4.78, 5) is 14.8. The average Bonchev–Trinajstić information content (AvgIpc) is 2.33. The molecular formula is C12H7Br2NO3. The lowest BCUT2D eigenvalue weighted by Crippen LogP contribution is -2.00. The van der Waals surface area contributed by atoms with E-state index in [1.54, 1.807) is 6.07 Å². The molecule has 0 spiro atoms. The molecule has 1 N–H and O–H groups in total. The first kappa shape index (κ1) is 13.0. The summed E-state index contributed by atoms with van der Waals surface area (Å²) in [5, 5.41) is 9.02. The topological polar surface area (TPSA) is 59.4 Å². The van der Waals surface area contributed by atoms with Crippen molar-refractivity contribution in [3.05, 3.63) is 51.2 Å². The smallest absolute Gasteiger partial charge is 0.341 e. The Morgan fingerprint density at radius 2 is 2.00 bits per heavy atom. The van der Waals surface area contributed by atoms with Crippen molar-refractivity contribution in [2.75, 3.05) is 0 Å². The third kappa shape index (κ3) is 2.88. The quantitative estimate of drug-likeness (QED) is 0.881. The molecule has 2 aromatic rings. The van der Waals surface area contributed by atoms with Crippen LogP contribution in [-0.4, -0.2) is 16.1 Å². The normalized spacial score (nSPS) is 10.1. The van der Waals surface area contributed by atoms with Crippen LogP contribution in [-0.2, 0) is 0 Å². The van der Waals surface area contributed by atoms with Crippen molar-refractivity contribution in [1.29, 1.82) is 0 Å². The SMILES string of the molecule is O=C(O)c1cnccc1Oc1ccc(Br)cc1Br. The summed E-state index contributed by atoms with van der Waals surface area (Å²) in [6.07, 6.45) is 2.74. The van der Waals surface area contributed by atoms with Crippen LogP contribution in [0.25, 0.3) is 0 Å². The fraction of sp³-hybridized carbons (Fsp3) is 0. The Labute approximate surface area is 120 Å². The van der Waals surface area contributed by atoms with Crippen molar-refractivity contribution < 1.29 is 14.6 Å². The van der Waals surface area contributed by atoms with Gasteiger partial charge in [0.2, 0.25) is 0 Å². The van der Waals surface area contributed by atoms with E-state index in [4.69, 9.17) is 9.84 Å². The van der Waals surface area contributed by atoms with Crippen LogP contribution in [0, 0.1) is 0 Å². The van der Waals surface area contributed by atoms with Crippen molar-refractivity contribution in [2.24, 2.45) is 0 Å². The van der Waals surface area contributed by atoms with Crippen LogP contribution in [0.4, 0.5) is 0 Å². The van der Waals surface area contributed by atoms with E-state index in [2.05, 4.69) is 36.8 Å². The van der Waals surface area contributed by atoms with Gasteiger partial charge in [-0.1, -0.05) is 15.9 Å². The van der Waals surface area contributed by atoms with E-state index in [0.717, 1.165) is 8.95 Å². The Morgan fingerprint density at radius 1 is 1.22 bits per heavy atom. The zero-order valence-electron chi connectivity index (χ0n) is 8.93. The van der Waals surface area contributed by atoms with Gasteiger partial charge in [0.05, 0.1) is 4.47 Å². The van der Waals surface area contributed by atoms with E-state index in [1.165, 1.54) is 18.5 Å². The summed E-state index contributed by atoms with van der Waals surface area (Å²) in [7, 11) is 0. The van der Waals surface area contributed by atoms with Gasteiger partial charge < -0.3 is 9.84 Å². The molecule has 1 heterocycles. The number of carboxylic acids is 1. The van der Waals surface area contributed by atoms with E-state index in [-0.39, 0.29) is 11.3 Å². The second-order valence-corrected chi connectivity index (χ2v) is 5.12. The minimum atomic E-state index is -1.08. The van der Waals surface area contributed by atoms with Crippen molar-refractivity contribution in [3.8, 4) is 11.5 Å². The molecule has 18 heavy (non-hydrogen) atoms. The molecule has 1 aromatic carbocycles. The van der Waals surface area contributed by atoms with Gasteiger partial charge >= 0.3 is 5.97 Å². The van der Waals surface area contributed by atoms with Crippen LogP contribution in [0.3, 0.4) is 0 Å². The molecule has 0 radical (unpaired) electrons. The molecule has 0 unspecified atom stereocenters. The average molecular weight is 373 g/mol. The van der Waals surface area contributed by atoms with Crippen LogP contribution in [0.5, 0.6) is 11.5 Å². The Hall–Kier alpha value is -1.40. The van der Waals surface area contributed by atoms with Crippen LogP contribution in [0.15, 0.2) is 45.6 Å². The molecule has 1 aromatic heterocycles. The molecule has 0 atom stereocenters. The number of hydrogen-bond donors (Lipinski definition) is 1. The molecule has 0 bridgehead atoms. The number of carboxylic acid groups (broad SMARTS) is 1. The molecule has 0 aliphatic heterocycles. The van der Waals surface area contributed by atoms with Gasteiger partial charge in [-0.2, -0.15) is 0 Å². The first-order valence-electron chi connectivity index (χ1n) is 4.88. The summed E-state index contributed by atoms with van der Waals surface area (Å²) in [6, 6.07) is 6.87. The van der Waals surface area contributed by atoms with Crippen LogP contribution >= 0.6 is 31.9 Å². The Bertz CT molecular complexity index is 602. The number of rotatable bonds is 3. The van der Waals surface area contributed by atoms with Gasteiger partial charge in [0, 0.05) is 22.9 Å². The number of nitrogens with zero attached hydrogens (tertiary/aromatic N) is 1. The lowest BCUT2D eigenvalue weighted by molar-refractivity contribution is 0.0693. The van der Waals surface area contributed by atoms with Gasteiger partial charge in [-0.05, 0) is 34.1 Å². The van der Waals surface area contributed by atoms with Crippen LogP contribution in [0.1, 0.15) is 10.4 Å². The van der Waals surface area contributed by atoms with E-state index in [9.17, 15) is 4.79 Å². The lowest BCUT2D eigenvalue weighted by atomic mass is 10.2. The highest BCUT2D eigenvalue weighted by molar-refractivity contribution is 9.11. The second-order valence-electron chi connectivity index (χ2n) is 3.35. The van der Waals surface area contributed by atoms with E-state index in [0.29, 0.717) is 5.75 Å². The minimum Gasteiger partial charge on any atom is -0.477 e. The summed E-state index contributed by atoms with van der Waals surface area (Å²) in [5.41, 5.74) is 0.0207. The number of aromatic carboxylic acids is 1. The fourth-order valence-electron chi connectivity index (χ4n) is 1.31. The highest BCUT2D eigenvalue weighted by Crippen LogP contribution is 2.33. The summed E-state index contributed by atoms with van der Waals surface area (Å²) in [5.74, 6) is -0.293. The molecule has 0 amide bonds. The zero-order chi connectivity index (χ0) is 13.1. The first-order chi connectivity index (χ1) is 8.58. The molecule has 0 saturated heterocycles. The minimum absolute atomic E-state index is 0.0207. The second kappa shape index (κ2) is 5.49. The maximum absolute atomic E-state index is 11.0. The molecule has 0 aliphatic rings. The fourth-order valence-corrected chi connectivity index (χ4v) is 2.44. The van der Waals surface area contributed by atoms with Gasteiger partial charge in [-0.3, -0.25) is 4.98 Å². The monoisotopic (exact) mass is 371 g/mol. The standard InChI is InChI=1S/C12H7Br2NO3/c13-7-1-2-11(9(14)5-7)18-10-3-4-15-6-8(10)12(16)17/h1-6H,(H,16,17).